The van der Waals surface area contributed by atoms with E-state index in [4.69, 9.17) is 4.74 Å². The first-order chi connectivity index (χ1) is 12.5. The largest absolute Gasteiger partial charge is 0.493 e. The Hall–Kier alpha value is -2.33. The average molecular weight is 352 g/mol. The first-order valence-corrected chi connectivity index (χ1v) is 9.18. The van der Waals surface area contributed by atoms with Crippen molar-refractivity contribution in [2.24, 2.45) is 5.41 Å². The molecule has 2 aromatic rings. The van der Waals surface area contributed by atoms with E-state index in [-0.39, 0.29) is 17.4 Å². The highest BCUT2D eigenvalue weighted by molar-refractivity contribution is 5.83. The van der Waals surface area contributed by atoms with Gasteiger partial charge in [-0.2, -0.15) is 0 Å². The van der Waals surface area contributed by atoms with Crippen LogP contribution < -0.4 is 10.1 Å². The molecule has 1 fully saturated rings. The van der Waals surface area contributed by atoms with Gasteiger partial charge in [0.15, 0.2) is 0 Å². The standard InChI is InChI=1S/C22H28N2O2/c1-17-9-11-18(12-10-17)20(24(2)3)21(25)23-15-22(13-14-22)16-26-19-7-5-4-6-8-19/h4-12,20H,13-16H2,1-3H3,(H,23,25)/t20-/m0/s1. The molecule has 26 heavy (non-hydrogen) atoms. The van der Waals surface area contributed by atoms with Gasteiger partial charge in [0.05, 0.1) is 6.61 Å². The molecule has 2 aromatic carbocycles. The molecule has 4 nitrogen and oxygen atoms in total. The molecule has 0 spiro atoms. The topological polar surface area (TPSA) is 41.6 Å². The van der Waals surface area contributed by atoms with Crippen molar-refractivity contribution in [2.45, 2.75) is 25.8 Å². The van der Waals surface area contributed by atoms with Gasteiger partial charge in [0, 0.05) is 12.0 Å². The fourth-order valence-electron chi connectivity index (χ4n) is 3.11. The zero-order valence-electron chi connectivity index (χ0n) is 15.9. The SMILES string of the molecule is Cc1ccc([C@@H](C(=O)NCC2(COc3ccccc3)CC2)N(C)C)cc1. The molecule has 3 rings (SSSR count). The molecule has 1 aliphatic rings. The number of rotatable bonds is 8. The van der Waals surface area contributed by atoms with Crippen molar-refractivity contribution in [3.63, 3.8) is 0 Å². The van der Waals surface area contributed by atoms with Crippen LogP contribution in [0.5, 0.6) is 5.75 Å². The second-order valence-corrected chi connectivity index (χ2v) is 7.60. The third-order valence-electron chi connectivity index (χ3n) is 5.04. The molecule has 0 aromatic heterocycles. The lowest BCUT2D eigenvalue weighted by molar-refractivity contribution is -0.126. The number of hydrogen-bond acceptors (Lipinski definition) is 3. The number of amides is 1. The van der Waals surface area contributed by atoms with Gasteiger partial charge in [-0.3, -0.25) is 9.69 Å². The Labute approximate surface area is 156 Å². The molecule has 1 amide bonds. The summed E-state index contributed by atoms with van der Waals surface area (Å²) in [7, 11) is 3.88. The van der Waals surface area contributed by atoms with Crippen molar-refractivity contribution in [3.8, 4) is 5.75 Å². The number of carbonyl (C=O) groups excluding carboxylic acids is 1. The lowest BCUT2D eigenvalue weighted by Crippen LogP contribution is -2.40. The number of carbonyl (C=O) groups is 1. The molecule has 1 saturated carbocycles. The minimum Gasteiger partial charge on any atom is -0.493 e. The maximum Gasteiger partial charge on any atom is 0.241 e. The number of likely N-dealkylation sites (N-methyl/N-ethyl adjacent to an activating group) is 1. The highest BCUT2D eigenvalue weighted by atomic mass is 16.5. The summed E-state index contributed by atoms with van der Waals surface area (Å²) in [6, 6.07) is 17.7. The lowest BCUT2D eigenvalue weighted by atomic mass is 10.0. The second-order valence-electron chi connectivity index (χ2n) is 7.60. The Balaban J connectivity index is 1.57. The van der Waals surface area contributed by atoms with E-state index >= 15 is 0 Å². The van der Waals surface area contributed by atoms with Gasteiger partial charge in [-0.25, -0.2) is 0 Å². The Morgan fingerprint density at radius 2 is 1.77 bits per heavy atom. The number of aryl methyl sites for hydroxylation is 1. The third-order valence-corrected chi connectivity index (χ3v) is 5.04. The molecule has 1 atom stereocenters. The van der Waals surface area contributed by atoms with E-state index in [0.29, 0.717) is 13.2 Å². The quantitative estimate of drug-likeness (QED) is 0.790. The maximum atomic E-state index is 12.8. The molecular formula is C22H28N2O2. The summed E-state index contributed by atoms with van der Waals surface area (Å²) >= 11 is 0. The summed E-state index contributed by atoms with van der Waals surface area (Å²) in [5, 5.41) is 3.16. The van der Waals surface area contributed by atoms with Gasteiger partial charge in [-0.05, 0) is 51.6 Å². The minimum atomic E-state index is -0.276. The average Bonchev–Trinajstić information content (AvgIpc) is 3.41. The van der Waals surface area contributed by atoms with Crippen LogP contribution in [-0.2, 0) is 4.79 Å². The van der Waals surface area contributed by atoms with Gasteiger partial charge in [0.1, 0.15) is 11.8 Å². The fourth-order valence-corrected chi connectivity index (χ4v) is 3.11. The Morgan fingerprint density at radius 1 is 1.12 bits per heavy atom. The molecule has 0 aliphatic heterocycles. The summed E-state index contributed by atoms with van der Waals surface area (Å²) in [6.07, 6.45) is 2.19. The van der Waals surface area contributed by atoms with Crippen LogP contribution in [0.3, 0.4) is 0 Å². The van der Waals surface area contributed by atoms with Crippen molar-refractivity contribution >= 4 is 5.91 Å². The van der Waals surface area contributed by atoms with Crippen LogP contribution in [-0.4, -0.2) is 38.1 Å². The van der Waals surface area contributed by atoms with Crippen molar-refractivity contribution < 1.29 is 9.53 Å². The third kappa shape index (κ3) is 4.64. The van der Waals surface area contributed by atoms with Crippen molar-refractivity contribution in [2.75, 3.05) is 27.2 Å². The Kier molecular flexibility index (Phi) is 5.62. The highest BCUT2D eigenvalue weighted by Gasteiger charge is 2.44. The van der Waals surface area contributed by atoms with Crippen LogP contribution in [0.25, 0.3) is 0 Å². The lowest BCUT2D eigenvalue weighted by Gasteiger charge is -2.25. The number of para-hydroxylation sites is 1. The summed E-state index contributed by atoms with van der Waals surface area (Å²) in [5.41, 5.74) is 2.29. The molecule has 0 heterocycles. The van der Waals surface area contributed by atoms with E-state index in [9.17, 15) is 4.79 Å². The molecule has 138 valence electrons. The van der Waals surface area contributed by atoms with Gasteiger partial charge in [0.2, 0.25) is 5.91 Å². The van der Waals surface area contributed by atoms with Crippen molar-refractivity contribution in [3.05, 3.63) is 65.7 Å². The number of hydrogen-bond donors (Lipinski definition) is 1. The Bertz CT molecular complexity index is 722. The van der Waals surface area contributed by atoms with Crippen LogP contribution in [0.4, 0.5) is 0 Å². The van der Waals surface area contributed by atoms with E-state index in [1.807, 2.05) is 61.5 Å². The normalized spacial score (nSPS) is 16.2. The van der Waals surface area contributed by atoms with Gasteiger partial charge >= 0.3 is 0 Å². The Morgan fingerprint density at radius 3 is 2.35 bits per heavy atom. The number of benzene rings is 2. The summed E-state index contributed by atoms with van der Waals surface area (Å²) in [6.45, 7) is 3.36. The predicted octanol–water partition coefficient (Wildman–Crippen LogP) is 3.57. The molecule has 0 radical (unpaired) electrons. The monoisotopic (exact) mass is 352 g/mol. The molecule has 1 aliphatic carbocycles. The first-order valence-electron chi connectivity index (χ1n) is 9.18. The van der Waals surface area contributed by atoms with E-state index in [1.165, 1.54) is 5.56 Å². The molecule has 1 N–H and O–H groups in total. The van der Waals surface area contributed by atoms with Gasteiger partial charge < -0.3 is 10.1 Å². The minimum absolute atomic E-state index is 0.0461. The van der Waals surface area contributed by atoms with Crippen LogP contribution in [0.2, 0.25) is 0 Å². The van der Waals surface area contributed by atoms with Crippen LogP contribution in [0.1, 0.15) is 30.0 Å². The van der Waals surface area contributed by atoms with E-state index in [2.05, 4.69) is 24.4 Å². The zero-order chi connectivity index (χ0) is 18.6. The number of ether oxygens (including phenoxy) is 1. The smallest absolute Gasteiger partial charge is 0.241 e. The van der Waals surface area contributed by atoms with Crippen molar-refractivity contribution in [1.29, 1.82) is 0 Å². The fraction of sp³-hybridized carbons (Fsp3) is 0.409. The predicted molar refractivity (Wildman–Crippen MR) is 104 cm³/mol. The molecule has 4 heteroatoms. The second kappa shape index (κ2) is 7.92. The van der Waals surface area contributed by atoms with Crippen molar-refractivity contribution in [1.82, 2.24) is 10.2 Å². The van der Waals surface area contributed by atoms with Crippen LogP contribution >= 0.6 is 0 Å². The first kappa shape index (κ1) is 18.5. The number of nitrogens with zero attached hydrogens (tertiary/aromatic N) is 1. The molecule has 0 saturated heterocycles. The van der Waals surface area contributed by atoms with E-state index in [0.717, 1.165) is 24.2 Å². The summed E-state index contributed by atoms with van der Waals surface area (Å²) in [5.74, 6) is 0.931. The van der Waals surface area contributed by atoms with Gasteiger partial charge in [-0.15, -0.1) is 0 Å². The zero-order valence-corrected chi connectivity index (χ0v) is 15.9. The molecule has 0 bridgehead atoms. The van der Waals surface area contributed by atoms with Gasteiger partial charge in [0.25, 0.3) is 0 Å². The molecular weight excluding hydrogens is 324 g/mol. The summed E-state index contributed by atoms with van der Waals surface area (Å²) < 4.78 is 5.91. The van der Waals surface area contributed by atoms with E-state index in [1.54, 1.807) is 0 Å². The van der Waals surface area contributed by atoms with Crippen LogP contribution in [0.15, 0.2) is 54.6 Å². The van der Waals surface area contributed by atoms with Crippen LogP contribution in [0, 0.1) is 12.3 Å². The maximum absolute atomic E-state index is 12.8. The van der Waals surface area contributed by atoms with E-state index < -0.39 is 0 Å². The highest BCUT2D eigenvalue weighted by Crippen LogP contribution is 2.45. The van der Waals surface area contributed by atoms with Gasteiger partial charge in [-0.1, -0.05) is 48.0 Å². The molecule has 0 unspecified atom stereocenters. The number of nitrogens with one attached hydrogen (secondary N) is 1. The summed E-state index contributed by atoms with van der Waals surface area (Å²) in [4.78, 5) is 14.8.